The lowest BCUT2D eigenvalue weighted by Gasteiger charge is -2.10. The molecule has 0 atom stereocenters. The monoisotopic (exact) mass is 374 g/mol. The van der Waals surface area contributed by atoms with Crippen LogP contribution in [0.15, 0.2) is 46.0 Å². The number of rotatable bonds is 3. The first-order valence-corrected chi connectivity index (χ1v) is 6.96. The SMILES string of the molecule is N/C(=N/O)c1ccc(Oc2cc(Cl)ccc2Cl)cc1Br. The Morgan fingerprint density at radius 3 is 2.60 bits per heavy atom. The molecule has 2 aromatic carbocycles. The summed E-state index contributed by atoms with van der Waals surface area (Å²) in [7, 11) is 0. The lowest BCUT2D eigenvalue weighted by Crippen LogP contribution is -2.13. The minimum atomic E-state index is 0.00390. The van der Waals surface area contributed by atoms with Crippen molar-refractivity contribution in [1.82, 2.24) is 0 Å². The summed E-state index contributed by atoms with van der Waals surface area (Å²) in [5.41, 5.74) is 6.09. The molecule has 0 aliphatic heterocycles. The van der Waals surface area contributed by atoms with Crippen LogP contribution in [-0.4, -0.2) is 11.0 Å². The summed E-state index contributed by atoms with van der Waals surface area (Å²) < 4.78 is 6.28. The van der Waals surface area contributed by atoms with E-state index in [-0.39, 0.29) is 5.84 Å². The molecule has 0 amide bonds. The quantitative estimate of drug-likeness (QED) is 0.355. The van der Waals surface area contributed by atoms with Gasteiger partial charge >= 0.3 is 0 Å². The van der Waals surface area contributed by atoms with Crippen LogP contribution in [0.1, 0.15) is 5.56 Å². The summed E-state index contributed by atoms with van der Waals surface area (Å²) in [6.07, 6.45) is 0. The number of benzene rings is 2. The Kier molecular flexibility index (Phi) is 4.75. The molecular weight excluding hydrogens is 367 g/mol. The molecule has 0 saturated carbocycles. The number of nitrogens with two attached hydrogens (primary N) is 1. The Hall–Kier alpha value is -1.43. The molecule has 104 valence electrons. The summed E-state index contributed by atoms with van der Waals surface area (Å²) in [5, 5.41) is 12.6. The van der Waals surface area contributed by atoms with E-state index in [1.54, 1.807) is 36.4 Å². The van der Waals surface area contributed by atoms with Crippen LogP contribution < -0.4 is 10.5 Å². The maximum atomic E-state index is 8.66. The van der Waals surface area contributed by atoms with E-state index in [2.05, 4.69) is 21.1 Å². The summed E-state index contributed by atoms with van der Waals surface area (Å²) in [6.45, 7) is 0. The van der Waals surface area contributed by atoms with Gasteiger partial charge in [-0.25, -0.2) is 0 Å². The predicted octanol–water partition coefficient (Wildman–Crippen LogP) is 4.64. The van der Waals surface area contributed by atoms with Crippen LogP contribution in [0.2, 0.25) is 10.0 Å². The van der Waals surface area contributed by atoms with Crippen LogP contribution in [0, 0.1) is 0 Å². The number of hydrogen-bond acceptors (Lipinski definition) is 3. The lowest BCUT2D eigenvalue weighted by atomic mass is 10.2. The van der Waals surface area contributed by atoms with Crippen molar-refractivity contribution in [3.63, 3.8) is 0 Å². The Morgan fingerprint density at radius 2 is 1.95 bits per heavy atom. The van der Waals surface area contributed by atoms with Crippen molar-refractivity contribution >= 4 is 45.0 Å². The molecule has 0 aliphatic rings. The standard InChI is InChI=1S/C13H9BrCl2N2O2/c14-10-6-8(2-3-9(10)13(17)18-19)20-12-5-7(15)1-4-11(12)16/h1-6,19H,(H2,17,18). The maximum absolute atomic E-state index is 8.66. The average Bonchev–Trinajstić information content (AvgIpc) is 2.42. The number of halogens is 3. The minimum Gasteiger partial charge on any atom is -0.456 e. The molecule has 3 N–H and O–H groups in total. The molecule has 0 bridgehead atoms. The van der Waals surface area contributed by atoms with Crippen molar-refractivity contribution in [2.75, 3.05) is 0 Å². The first-order chi connectivity index (χ1) is 9.51. The van der Waals surface area contributed by atoms with E-state index < -0.39 is 0 Å². The Labute approximate surface area is 133 Å². The first-order valence-electron chi connectivity index (χ1n) is 5.41. The number of oxime groups is 1. The normalized spacial score (nSPS) is 11.4. The molecule has 7 heteroatoms. The van der Waals surface area contributed by atoms with Gasteiger partial charge in [-0.1, -0.05) is 28.4 Å². The van der Waals surface area contributed by atoms with Gasteiger partial charge in [0.05, 0.1) is 5.02 Å². The van der Waals surface area contributed by atoms with E-state index in [0.717, 1.165) is 0 Å². The van der Waals surface area contributed by atoms with Crippen molar-refractivity contribution < 1.29 is 9.94 Å². The first kappa shape index (κ1) is 15.0. The Balaban J connectivity index is 2.31. The van der Waals surface area contributed by atoms with E-state index in [1.165, 1.54) is 0 Å². The average molecular weight is 376 g/mol. The largest absolute Gasteiger partial charge is 0.456 e. The third-order valence-corrected chi connectivity index (χ3v) is 3.65. The second kappa shape index (κ2) is 6.35. The zero-order valence-corrected chi connectivity index (χ0v) is 13.1. The van der Waals surface area contributed by atoms with Crippen molar-refractivity contribution in [3.8, 4) is 11.5 Å². The van der Waals surface area contributed by atoms with Crippen molar-refractivity contribution in [3.05, 3.63) is 56.5 Å². The smallest absolute Gasteiger partial charge is 0.171 e. The third kappa shape index (κ3) is 3.36. The van der Waals surface area contributed by atoms with Crippen molar-refractivity contribution in [2.24, 2.45) is 10.9 Å². The molecule has 0 unspecified atom stereocenters. The van der Waals surface area contributed by atoms with Gasteiger partial charge in [0.25, 0.3) is 0 Å². The second-order valence-electron chi connectivity index (χ2n) is 3.80. The van der Waals surface area contributed by atoms with Crippen LogP contribution in [0.4, 0.5) is 0 Å². The topological polar surface area (TPSA) is 67.8 Å². The summed E-state index contributed by atoms with van der Waals surface area (Å²) in [5.74, 6) is 0.988. The highest BCUT2D eigenvalue weighted by molar-refractivity contribution is 9.10. The van der Waals surface area contributed by atoms with Gasteiger partial charge in [0, 0.05) is 21.1 Å². The summed E-state index contributed by atoms with van der Waals surface area (Å²) >= 11 is 15.2. The van der Waals surface area contributed by atoms with Gasteiger partial charge in [0.2, 0.25) is 0 Å². The molecule has 0 radical (unpaired) electrons. The van der Waals surface area contributed by atoms with E-state index in [4.69, 9.17) is 38.9 Å². The van der Waals surface area contributed by atoms with Gasteiger partial charge < -0.3 is 15.7 Å². The molecule has 0 fully saturated rings. The molecule has 20 heavy (non-hydrogen) atoms. The number of ether oxygens (including phenoxy) is 1. The van der Waals surface area contributed by atoms with Gasteiger partial charge in [-0.15, -0.1) is 0 Å². The number of amidine groups is 1. The van der Waals surface area contributed by atoms with Crippen LogP contribution >= 0.6 is 39.1 Å². The number of nitrogens with zero attached hydrogens (tertiary/aromatic N) is 1. The fourth-order valence-electron chi connectivity index (χ4n) is 1.50. The van der Waals surface area contributed by atoms with Crippen LogP contribution in [-0.2, 0) is 0 Å². The fraction of sp³-hybridized carbons (Fsp3) is 0. The van der Waals surface area contributed by atoms with E-state index in [9.17, 15) is 0 Å². The number of hydrogen-bond donors (Lipinski definition) is 2. The fourth-order valence-corrected chi connectivity index (χ4v) is 2.38. The molecule has 0 aromatic heterocycles. The van der Waals surface area contributed by atoms with Crippen LogP contribution in [0.3, 0.4) is 0 Å². The summed E-state index contributed by atoms with van der Waals surface area (Å²) in [6, 6.07) is 9.97. The van der Waals surface area contributed by atoms with E-state index >= 15 is 0 Å². The second-order valence-corrected chi connectivity index (χ2v) is 5.50. The zero-order chi connectivity index (χ0) is 14.7. The molecule has 0 heterocycles. The van der Waals surface area contributed by atoms with Crippen LogP contribution in [0.25, 0.3) is 0 Å². The minimum absolute atomic E-state index is 0.00390. The molecule has 4 nitrogen and oxygen atoms in total. The van der Waals surface area contributed by atoms with Gasteiger partial charge in [-0.05, 0) is 46.3 Å². The third-order valence-electron chi connectivity index (χ3n) is 2.45. The van der Waals surface area contributed by atoms with E-state index in [1.807, 2.05) is 0 Å². The molecular formula is C13H9BrCl2N2O2. The highest BCUT2D eigenvalue weighted by Crippen LogP contribution is 2.33. The molecule has 2 aromatic rings. The van der Waals surface area contributed by atoms with Gasteiger partial charge in [0.15, 0.2) is 5.84 Å². The zero-order valence-electron chi connectivity index (χ0n) is 9.98. The Bertz CT molecular complexity index is 677. The highest BCUT2D eigenvalue weighted by Gasteiger charge is 2.09. The molecule has 0 spiro atoms. The molecule has 2 rings (SSSR count). The van der Waals surface area contributed by atoms with Gasteiger partial charge in [-0.3, -0.25) is 0 Å². The van der Waals surface area contributed by atoms with Gasteiger partial charge in [0.1, 0.15) is 11.5 Å². The lowest BCUT2D eigenvalue weighted by molar-refractivity contribution is 0.318. The predicted molar refractivity (Wildman–Crippen MR) is 83.2 cm³/mol. The molecule has 0 aliphatic carbocycles. The molecule has 0 saturated heterocycles. The van der Waals surface area contributed by atoms with Crippen molar-refractivity contribution in [1.29, 1.82) is 0 Å². The van der Waals surface area contributed by atoms with Gasteiger partial charge in [-0.2, -0.15) is 0 Å². The Morgan fingerprint density at radius 1 is 1.20 bits per heavy atom. The highest BCUT2D eigenvalue weighted by atomic mass is 79.9. The van der Waals surface area contributed by atoms with E-state index in [0.29, 0.717) is 31.6 Å². The van der Waals surface area contributed by atoms with Crippen LogP contribution in [0.5, 0.6) is 11.5 Å². The van der Waals surface area contributed by atoms with Crippen molar-refractivity contribution in [2.45, 2.75) is 0 Å². The summed E-state index contributed by atoms with van der Waals surface area (Å²) in [4.78, 5) is 0. The maximum Gasteiger partial charge on any atom is 0.171 e.